The Bertz CT molecular complexity index is 643. The van der Waals surface area contributed by atoms with Crippen LogP contribution in [0.2, 0.25) is 0 Å². The van der Waals surface area contributed by atoms with Crippen LogP contribution in [-0.2, 0) is 4.79 Å². The van der Waals surface area contributed by atoms with Crippen LogP contribution in [0.3, 0.4) is 0 Å². The molecular formula is C15H15N3O2. The zero-order chi connectivity index (χ0) is 14.1. The fourth-order valence-corrected chi connectivity index (χ4v) is 2.21. The van der Waals surface area contributed by atoms with E-state index in [2.05, 4.69) is 4.98 Å². The molecule has 3 rings (SSSR count). The molecular weight excluding hydrogens is 254 g/mol. The van der Waals surface area contributed by atoms with Gasteiger partial charge >= 0.3 is 0 Å². The molecule has 2 N–H and O–H groups in total. The molecule has 0 saturated carbocycles. The van der Waals surface area contributed by atoms with Gasteiger partial charge in [-0.05, 0) is 30.3 Å². The topological polar surface area (TPSA) is 68.5 Å². The summed E-state index contributed by atoms with van der Waals surface area (Å²) in [5.41, 5.74) is 8.27. The first-order chi connectivity index (χ1) is 9.66. The Hall–Kier alpha value is -2.40. The summed E-state index contributed by atoms with van der Waals surface area (Å²) in [7, 11) is 1.71. The van der Waals surface area contributed by atoms with E-state index in [0.717, 1.165) is 11.3 Å². The fourth-order valence-electron chi connectivity index (χ4n) is 2.21. The number of amides is 1. The first kappa shape index (κ1) is 12.6. The number of benzene rings is 1. The number of nitrogens with zero attached hydrogens (tertiary/aromatic N) is 2. The predicted octanol–water partition coefficient (Wildman–Crippen LogP) is 1.43. The lowest BCUT2D eigenvalue weighted by Gasteiger charge is -2.18. The van der Waals surface area contributed by atoms with Crippen LogP contribution in [-0.4, -0.2) is 30.6 Å². The van der Waals surface area contributed by atoms with E-state index < -0.39 is 6.04 Å². The highest BCUT2D eigenvalue weighted by Crippen LogP contribution is 2.34. The largest absolute Gasteiger partial charge is 0.489 e. The second kappa shape index (κ2) is 4.94. The lowest BCUT2D eigenvalue weighted by atomic mass is 10.1. The van der Waals surface area contributed by atoms with Crippen LogP contribution in [0, 0.1) is 0 Å². The van der Waals surface area contributed by atoms with Crippen molar-refractivity contribution in [3.63, 3.8) is 0 Å². The molecule has 0 saturated heterocycles. The molecule has 1 aliphatic heterocycles. The third-order valence-electron chi connectivity index (χ3n) is 3.35. The third kappa shape index (κ3) is 2.12. The van der Waals surface area contributed by atoms with Gasteiger partial charge in [-0.3, -0.25) is 9.78 Å². The summed E-state index contributed by atoms with van der Waals surface area (Å²) in [6.07, 6.45) is 1.74. The molecule has 5 heteroatoms. The van der Waals surface area contributed by atoms with Gasteiger partial charge in [0.1, 0.15) is 18.4 Å². The number of hydrogen-bond acceptors (Lipinski definition) is 4. The zero-order valence-electron chi connectivity index (χ0n) is 11.1. The molecule has 102 valence electrons. The smallest absolute Gasteiger partial charge is 0.247 e. The van der Waals surface area contributed by atoms with Gasteiger partial charge in [0, 0.05) is 18.8 Å². The van der Waals surface area contributed by atoms with Crippen molar-refractivity contribution in [2.75, 3.05) is 18.6 Å². The first-order valence-corrected chi connectivity index (χ1v) is 6.38. The van der Waals surface area contributed by atoms with Crippen molar-refractivity contribution in [3.05, 3.63) is 42.6 Å². The number of carbonyl (C=O) groups excluding carboxylic acids is 1. The maximum absolute atomic E-state index is 12.1. The van der Waals surface area contributed by atoms with E-state index in [4.69, 9.17) is 10.5 Å². The Morgan fingerprint density at radius 2 is 2.20 bits per heavy atom. The van der Waals surface area contributed by atoms with E-state index in [1.807, 2.05) is 36.4 Å². The normalized spacial score (nSPS) is 18.2. The van der Waals surface area contributed by atoms with Crippen molar-refractivity contribution in [2.24, 2.45) is 5.73 Å². The Labute approximate surface area is 117 Å². The molecule has 0 radical (unpaired) electrons. The number of fused-ring (bicyclic) bond motifs is 1. The van der Waals surface area contributed by atoms with Crippen LogP contribution < -0.4 is 15.4 Å². The van der Waals surface area contributed by atoms with Crippen LogP contribution >= 0.6 is 0 Å². The maximum atomic E-state index is 12.1. The monoisotopic (exact) mass is 269 g/mol. The minimum Gasteiger partial charge on any atom is -0.489 e. The average Bonchev–Trinajstić information content (AvgIpc) is 2.61. The molecule has 1 aromatic carbocycles. The lowest BCUT2D eigenvalue weighted by Crippen LogP contribution is -2.43. The average molecular weight is 269 g/mol. The number of anilines is 1. The molecule has 0 bridgehead atoms. The second-order valence-electron chi connectivity index (χ2n) is 4.71. The molecule has 1 aliphatic rings. The SMILES string of the molecule is CN1C(=O)C(N)COc2ccc(-c3ccccn3)cc21. The molecule has 1 amide bonds. The summed E-state index contributed by atoms with van der Waals surface area (Å²) in [5, 5.41) is 0. The van der Waals surface area contributed by atoms with Crippen LogP contribution in [0.15, 0.2) is 42.6 Å². The Kier molecular flexibility index (Phi) is 3.12. The van der Waals surface area contributed by atoms with Gasteiger partial charge in [0.15, 0.2) is 0 Å². The third-order valence-corrected chi connectivity index (χ3v) is 3.35. The number of ether oxygens (including phenoxy) is 1. The first-order valence-electron chi connectivity index (χ1n) is 6.38. The minimum atomic E-state index is -0.634. The van der Waals surface area contributed by atoms with Crippen molar-refractivity contribution in [2.45, 2.75) is 6.04 Å². The van der Waals surface area contributed by atoms with Gasteiger partial charge in [-0.2, -0.15) is 0 Å². The van der Waals surface area contributed by atoms with E-state index in [1.165, 1.54) is 0 Å². The summed E-state index contributed by atoms with van der Waals surface area (Å²) < 4.78 is 5.58. The highest BCUT2D eigenvalue weighted by Gasteiger charge is 2.26. The van der Waals surface area contributed by atoms with Crippen molar-refractivity contribution in [1.29, 1.82) is 0 Å². The molecule has 20 heavy (non-hydrogen) atoms. The minimum absolute atomic E-state index is 0.151. The molecule has 2 heterocycles. The summed E-state index contributed by atoms with van der Waals surface area (Å²) >= 11 is 0. The molecule has 1 aromatic heterocycles. The number of carbonyl (C=O) groups is 1. The van der Waals surface area contributed by atoms with Crippen molar-refractivity contribution < 1.29 is 9.53 Å². The number of aromatic nitrogens is 1. The van der Waals surface area contributed by atoms with Crippen molar-refractivity contribution in [1.82, 2.24) is 4.98 Å². The van der Waals surface area contributed by atoms with E-state index in [1.54, 1.807) is 18.1 Å². The van der Waals surface area contributed by atoms with E-state index >= 15 is 0 Å². The molecule has 5 nitrogen and oxygen atoms in total. The molecule has 0 fully saturated rings. The predicted molar refractivity (Wildman–Crippen MR) is 76.6 cm³/mol. The molecule has 1 unspecified atom stereocenters. The maximum Gasteiger partial charge on any atom is 0.247 e. The lowest BCUT2D eigenvalue weighted by molar-refractivity contribution is -0.119. The zero-order valence-corrected chi connectivity index (χ0v) is 11.1. The van der Waals surface area contributed by atoms with Gasteiger partial charge in [0.05, 0.1) is 11.4 Å². The molecule has 0 aliphatic carbocycles. The van der Waals surface area contributed by atoms with Gasteiger partial charge < -0.3 is 15.4 Å². The van der Waals surface area contributed by atoms with Crippen molar-refractivity contribution >= 4 is 11.6 Å². The van der Waals surface area contributed by atoms with Crippen LogP contribution in [0.5, 0.6) is 5.75 Å². The van der Waals surface area contributed by atoms with Crippen molar-refractivity contribution in [3.8, 4) is 17.0 Å². The van der Waals surface area contributed by atoms with Gasteiger partial charge in [-0.1, -0.05) is 6.07 Å². The number of hydrogen-bond donors (Lipinski definition) is 1. The molecule has 1 atom stereocenters. The second-order valence-corrected chi connectivity index (χ2v) is 4.71. The Morgan fingerprint density at radius 1 is 1.35 bits per heavy atom. The summed E-state index contributed by atoms with van der Waals surface area (Å²) in [6.45, 7) is 0.194. The van der Waals surface area contributed by atoms with Crippen LogP contribution in [0.1, 0.15) is 0 Å². The van der Waals surface area contributed by atoms with E-state index in [0.29, 0.717) is 11.4 Å². The van der Waals surface area contributed by atoms with E-state index in [-0.39, 0.29) is 12.5 Å². The summed E-state index contributed by atoms with van der Waals surface area (Å²) in [5.74, 6) is 0.510. The summed E-state index contributed by atoms with van der Waals surface area (Å²) in [6, 6.07) is 10.8. The van der Waals surface area contributed by atoms with Gasteiger partial charge in [0.25, 0.3) is 0 Å². The quantitative estimate of drug-likeness (QED) is 0.850. The Morgan fingerprint density at radius 3 is 2.95 bits per heavy atom. The molecule has 0 spiro atoms. The molecule has 2 aromatic rings. The highest BCUT2D eigenvalue weighted by molar-refractivity contribution is 5.99. The fraction of sp³-hybridized carbons (Fsp3) is 0.200. The summed E-state index contributed by atoms with van der Waals surface area (Å²) in [4.78, 5) is 17.9. The van der Waals surface area contributed by atoms with E-state index in [9.17, 15) is 4.79 Å². The number of likely N-dealkylation sites (N-methyl/N-ethyl adjacent to an activating group) is 1. The highest BCUT2D eigenvalue weighted by atomic mass is 16.5. The van der Waals surface area contributed by atoms with Gasteiger partial charge in [-0.25, -0.2) is 0 Å². The van der Waals surface area contributed by atoms with Gasteiger partial charge in [-0.15, -0.1) is 0 Å². The number of nitrogens with two attached hydrogens (primary N) is 1. The van der Waals surface area contributed by atoms with Gasteiger partial charge in [0.2, 0.25) is 5.91 Å². The Balaban J connectivity index is 2.07. The number of pyridine rings is 1. The number of rotatable bonds is 1. The standard InChI is InChI=1S/C15H15N3O2/c1-18-13-8-10(12-4-2-3-7-17-12)5-6-14(13)20-9-11(16)15(18)19/h2-8,11H,9,16H2,1H3. The van der Waals surface area contributed by atoms with Crippen LogP contribution in [0.4, 0.5) is 5.69 Å². The van der Waals surface area contributed by atoms with Crippen LogP contribution in [0.25, 0.3) is 11.3 Å².